The Kier molecular flexibility index (Phi) is 4.26. The Bertz CT molecular complexity index is 525. The van der Waals surface area contributed by atoms with Crippen LogP contribution in [-0.2, 0) is 6.54 Å². The summed E-state index contributed by atoms with van der Waals surface area (Å²) in [4.78, 5) is 2.52. The third-order valence-corrected chi connectivity index (χ3v) is 4.47. The highest BCUT2D eigenvalue weighted by Gasteiger charge is 2.03. The Morgan fingerprint density at radius 3 is 2.59 bits per heavy atom. The fourth-order valence-corrected chi connectivity index (χ4v) is 3.19. The zero-order valence-corrected chi connectivity index (χ0v) is 12.0. The lowest BCUT2D eigenvalue weighted by atomic mass is 10.2. The molecule has 0 amide bonds. The van der Waals surface area contributed by atoms with Crippen LogP contribution in [0.3, 0.4) is 0 Å². The average Bonchev–Trinajstić information content (AvgIpc) is 2.32. The molecule has 0 saturated heterocycles. The monoisotopic (exact) mass is 307 g/mol. The zero-order chi connectivity index (χ0) is 12.3. The van der Waals surface area contributed by atoms with Crippen LogP contribution in [0.4, 0.5) is 0 Å². The third kappa shape index (κ3) is 3.12. The van der Waals surface area contributed by atoms with Crippen molar-refractivity contribution in [1.82, 2.24) is 0 Å². The number of hydrogen-bond donors (Lipinski definition) is 1. The molecule has 0 aliphatic heterocycles. The van der Waals surface area contributed by atoms with Crippen molar-refractivity contribution in [1.29, 1.82) is 0 Å². The smallest absolute Gasteiger partial charge is 0.0231 e. The lowest BCUT2D eigenvalue weighted by molar-refractivity contribution is 1.05. The van der Waals surface area contributed by atoms with Crippen molar-refractivity contribution < 1.29 is 0 Å². The Morgan fingerprint density at radius 2 is 1.94 bits per heavy atom. The Morgan fingerprint density at radius 1 is 1.18 bits per heavy atom. The maximum absolute atomic E-state index is 5.64. The van der Waals surface area contributed by atoms with Crippen molar-refractivity contribution in [3.05, 3.63) is 58.1 Å². The molecule has 0 saturated carbocycles. The minimum absolute atomic E-state index is 0.565. The SMILES string of the molecule is Cc1ccccc1Sc1ccc(CN)c(Br)c1. The van der Waals surface area contributed by atoms with E-state index in [0.29, 0.717) is 6.54 Å². The van der Waals surface area contributed by atoms with E-state index in [1.165, 1.54) is 15.4 Å². The second-order valence-corrected chi connectivity index (χ2v) is 5.79. The molecule has 0 bridgehead atoms. The van der Waals surface area contributed by atoms with Crippen molar-refractivity contribution in [2.24, 2.45) is 5.73 Å². The summed E-state index contributed by atoms with van der Waals surface area (Å²) in [6.07, 6.45) is 0. The quantitative estimate of drug-likeness (QED) is 0.911. The molecule has 17 heavy (non-hydrogen) atoms. The normalized spacial score (nSPS) is 10.5. The van der Waals surface area contributed by atoms with Crippen LogP contribution in [-0.4, -0.2) is 0 Å². The first-order valence-corrected chi connectivity index (χ1v) is 7.03. The van der Waals surface area contributed by atoms with Crippen molar-refractivity contribution in [2.45, 2.75) is 23.3 Å². The van der Waals surface area contributed by atoms with E-state index in [4.69, 9.17) is 5.73 Å². The van der Waals surface area contributed by atoms with E-state index >= 15 is 0 Å². The number of rotatable bonds is 3. The van der Waals surface area contributed by atoms with Gasteiger partial charge in [-0.2, -0.15) is 0 Å². The van der Waals surface area contributed by atoms with Gasteiger partial charge in [0.05, 0.1) is 0 Å². The summed E-state index contributed by atoms with van der Waals surface area (Å²) in [5.74, 6) is 0. The predicted molar refractivity (Wildman–Crippen MR) is 77.3 cm³/mol. The van der Waals surface area contributed by atoms with Gasteiger partial charge >= 0.3 is 0 Å². The minimum Gasteiger partial charge on any atom is -0.326 e. The molecular weight excluding hydrogens is 294 g/mol. The first-order chi connectivity index (χ1) is 8.20. The minimum atomic E-state index is 0.565. The molecule has 2 rings (SSSR count). The van der Waals surface area contributed by atoms with E-state index in [1.54, 1.807) is 11.8 Å². The van der Waals surface area contributed by atoms with Crippen LogP contribution in [0.1, 0.15) is 11.1 Å². The first-order valence-electron chi connectivity index (χ1n) is 5.42. The highest BCUT2D eigenvalue weighted by molar-refractivity contribution is 9.10. The Balaban J connectivity index is 2.25. The number of hydrogen-bond acceptors (Lipinski definition) is 2. The largest absolute Gasteiger partial charge is 0.326 e. The highest BCUT2D eigenvalue weighted by Crippen LogP contribution is 2.32. The Labute approximate surface area is 115 Å². The molecular formula is C14H14BrNS. The van der Waals surface area contributed by atoms with Gasteiger partial charge in [-0.05, 0) is 36.2 Å². The van der Waals surface area contributed by atoms with Crippen molar-refractivity contribution in [3.8, 4) is 0 Å². The summed E-state index contributed by atoms with van der Waals surface area (Å²) >= 11 is 5.32. The molecule has 0 spiro atoms. The molecule has 0 radical (unpaired) electrons. The van der Waals surface area contributed by atoms with Crippen LogP contribution in [0.15, 0.2) is 56.7 Å². The van der Waals surface area contributed by atoms with E-state index in [9.17, 15) is 0 Å². The van der Waals surface area contributed by atoms with Crippen molar-refractivity contribution >= 4 is 27.7 Å². The third-order valence-electron chi connectivity index (χ3n) is 2.57. The topological polar surface area (TPSA) is 26.0 Å². The van der Waals surface area contributed by atoms with Gasteiger partial charge in [-0.3, -0.25) is 0 Å². The van der Waals surface area contributed by atoms with Gasteiger partial charge in [-0.15, -0.1) is 0 Å². The summed E-state index contributed by atoms with van der Waals surface area (Å²) in [5, 5.41) is 0. The van der Waals surface area contributed by atoms with Gasteiger partial charge in [-0.25, -0.2) is 0 Å². The van der Waals surface area contributed by atoms with Crippen LogP contribution in [0.2, 0.25) is 0 Å². The van der Waals surface area contributed by atoms with Crippen LogP contribution in [0.5, 0.6) is 0 Å². The van der Waals surface area contributed by atoms with Crippen LogP contribution >= 0.6 is 27.7 Å². The molecule has 2 N–H and O–H groups in total. The summed E-state index contributed by atoms with van der Waals surface area (Å²) in [6.45, 7) is 2.70. The summed E-state index contributed by atoms with van der Waals surface area (Å²) in [6, 6.07) is 14.7. The second kappa shape index (κ2) is 5.71. The molecule has 2 aromatic carbocycles. The number of nitrogens with two attached hydrogens (primary N) is 1. The van der Waals surface area contributed by atoms with Gasteiger partial charge in [0.2, 0.25) is 0 Å². The first kappa shape index (κ1) is 12.7. The fraction of sp³-hybridized carbons (Fsp3) is 0.143. The lowest BCUT2D eigenvalue weighted by Gasteiger charge is -2.07. The Hall–Kier alpha value is -0.770. The van der Waals surface area contributed by atoms with Crippen LogP contribution in [0, 0.1) is 6.92 Å². The average molecular weight is 308 g/mol. The molecule has 0 heterocycles. The molecule has 2 aromatic rings. The maximum Gasteiger partial charge on any atom is 0.0231 e. The van der Waals surface area contributed by atoms with E-state index < -0.39 is 0 Å². The molecule has 0 aromatic heterocycles. The van der Waals surface area contributed by atoms with Crippen molar-refractivity contribution in [3.63, 3.8) is 0 Å². The van der Waals surface area contributed by atoms with Gasteiger partial charge in [0.25, 0.3) is 0 Å². The maximum atomic E-state index is 5.64. The number of benzene rings is 2. The van der Waals surface area contributed by atoms with E-state index in [0.717, 1.165) is 10.0 Å². The van der Waals surface area contributed by atoms with E-state index in [2.05, 4.69) is 65.3 Å². The van der Waals surface area contributed by atoms with E-state index in [-0.39, 0.29) is 0 Å². The van der Waals surface area contributed by atoms with Crippen LogP contribution < -0.4 is 5.73 Å². The molecule has 0 aliphatic rings. The molecule has 0 aliphatic carbocycles. The fourth-order valence-electron chi connectivity index (χ4n) is 1.55. The number of aryl methyl sites for hydroxylation is 1. The molecule has 0 fully saturated rings. The predicted octanol–water partition coefficient (Wildman–Crippen LogP) is 4.37. The number of halogens is 1. The van der Waals surface area contributed by atoms with Gasteiger partial charge in [0.15, 0.2) is 0 Å². The second-order valence-electron chi connectivity index (χ2n) is 3.82. The molecule has 1 nitrogen and oxygen atoms in total. The molecule has 88 valence electrons. The lowest BCUT2D eigenvalue weighted by Crippen LogP contribution is -1.96. The molecule has 3 heteroatoms. The summed E-state index contributed by atoms with van der Waals surface area (Å²) in [7, 11) is 0. The van der Waals surface area contributed by atoms with Gasteiger partial charge in [0, 0.05) is 20.8 Å². The van der Waals surface area contributed by atoms with Gasteiger partial charge in [0.1, 0.15) is 0 Å². The molecule has 0 unspecified atom stereocenters. The van der Waals surface area contributed by atoms with E-state index in [1.807, 2.05) is 0 Å². The zero-order valence-electron chi connectivity index (χ0n) is 9.61. The summed E-state index contributed by atoms with van der Waals surface area (Å²) in [5.41, 5.74) is 8.08. The van der Waals surface area contributed by atoms with Gasteiger partial charge in [-0.1, -0.05) is 52.0 Å². The van der Waals surface area contributed by atoms with Crippen molar-refractivity contribution in [2.75, 3.05) is 0 Å². The molecule has 0 atom stereocenters. The van der Waals surface area contributed by atoms with Gasteiger partial charge < -0.3 is 5.73 Å². The summed E-state index contributed by atoms with van der Waals surface area (Å²) < 4.78 is 1.08. The standard InChI is InChI=1S/C14H14BrNS/c1-10-4-2-3-5-14(10)17-12-7-6-11(9-16)13(15)8-12/h2-8H,9,16H2,1H3. The highest BCUT2D eigenvalue weighted by atomic mass is 79.9. The van der Waals surface area contributed by atoms with Crippen LogP contribution in [0.25, 0.3) is 0 Å².